The standard InChI is InChI=1S/C35H40Cl3N5O6S/c1-34(2,3)49-27(44)20-40-29(28(22-11-6-4-7-12-22)23-13-8-5-9-14-23)32(46)43-18-10-15-25(43)31(45)41-19-24-16-17-26(50-24)30(39)42-33(47)48-21-35(36,37)38/h4-9,11-14,16-17,25,28-29,40H,10,15,18-21H2,1-3H3,(H,41,45)(H2,39,42,47)/t25-,29+/m0/s1. The highest BCUT2D eigenvalue weighted by atomic mass is 35.6. The fourth-order valence-electron chi connectivity index (χ4n) is 5.53. The highest BCUT2D eigenvalue weighted by Gasteiger charge is 2.41. The Labute approximate surface area is 310 Å². The summed E-state index contributed by atoms with van der Waals surface area (Å²) in [7, 11) is 0. The van der Waals surface area contributed by atoms with Crippen molar-refractivity contribution in [2.24, 2.45) is 10.7 Å². The van der Waals surface area contributed by atoms with E-state index in [1.165, 1.54) is 11.3 Å². The molecule has 1 aromatic heterocycles. The molecule has 2 heterocycles. The summed E-state index contributed by atoms with van der Waals surface area (Å²) in [5.41, 5.74) is 7.02. The van der Waals surface area contributed by atoms with Gasteiger partial charge in [-0.25, -0.2) is 4.79 Å². The molecule has 0 spiro atoms. The van der Waals surface area contributed by atoms with Crippen LogP contribution < -0.4 is 16.4 Å². The first kappa shape index (κ1) is 39.1. The van der Waals surface area contributed by atoms with Crippen molar-refractivity contribution in [3.8, 4) is 0 Å². The molecule has 3 amide bonds. The average molecular weight is 765 g/mol. The zero-order chi connectivity index (χ0) is 36.5. The lowest BCUT2D eigenvalue weighted by atomic mass is 9.84. The van der Waals surface area contributed by atoms with E-state index in [-0.39, 0.29) is 30.7 Å². The number of amides is 3. The number of nitrogens with two attached hydrogens (primary N) is 1. The van der Waals surface area contributed by atoms with Crippen LogP contribution in [0.5, 0.6) is 0 Å². The van der Waals surface area contributed by atoms with E-state index in [0.29, 0.717) is 24.3 Å². The van der Waals surface area contributed by atoms with E-state index in [2.05, 4.69) is 15.6 Å². The Morgan fingerprint density at radius 2 is 1.60 bits per heavy atom. The van der Waals surface area contributed by atoms with Crippen molar-refractivity contribution in [1.82, 2.24) is 15.5 Å². The third kappa shape index (κ3) is 11.7. The molecule has 0 aliphatic carbocycles. The van der Waals surface area contributed by atoms with Gasteiger partial charge in [0, 0.05) is 17.3 Å². The number of halogens is 3. The fourth-order valence-corrected chi connectivity index (χ4v) is 6.54. The molecule has 0 bridgehead atoms. The van der Waals surface area contributed by atoms with Crippen LogP contribution in [0.15, 0.2) is 77.8 Å². The zero-order valence-corrected chi connectivity index (χ0v) is 31.0. The molecule has 1 saturated heterocycles. The van der Waals surface area contributed by atoms with Crippen molar-refractivity contribution in [2.75, 3.05) is 19.7 Å². The molecule has 4 N–H and O–H groups in total. The smallest absolute Gasteiger partial charge is 0.435 e. The van der Waals surface area contributed by atoms with Crippen LogP contribution in [0.25, 0.3) is 0 Å². The normalized spacial score (nSPS) is 15.9. The molecule has 2 aromatic carbocycles. The van der Waals surface area contributed by atoms with Crippen LogP contribution in [0, 0.1) is 0 Å². The number of esters is 1. The second-order valence-electron chi connectivity index (χ2n) is 12.6. The molecular formula is C35H40Cl3N5O6S. The topological polar surface area (TPSA) is 152 Å². The molecule has 0 saturated carbocycles. The fraction of sp³-hybridized carbons (Fsp3) is 0.400. The first-order valence-electron chi connectivity index (χ1n) is 15.9. The molecule has 0 unspecified atom stereocenters. The van der Waals surface area contributed by atoms with Gasteiger partial charge < -0.3 is 25.4 Å². The van der Waals surface area contributed by atoms with E-state index in [1.54, 1.807) is 37.8 Å². The maximum atomic E-state index is 14.5. The number of thiophene rings is 1. The van der Waals surface area contributed by atoms with Crippen molar-refractivity contribution in [1.29, 1.82) is 0 Å². The number of aliphatic imine (C=N–C) groups is 1. The van der Waals surface area contributed by atoms with E-state index < -0.39 is 46.1 Å². The SMILES string of the molecule is CC(C)(C)OC(=O)CN[C@@H](C(=O)N1CCC[C@H]1C(=O)NCc1ccc(/C(N)=N/C(=O)OCC(Cl)(Cl)Cl)s1)C(c1ccccc1)c1ccccc1. The minimum atomic E-state index is -1.78. The number of rotatable bonds is 12. The van der Waals surface area contributed by atoms with Gasteiger partial charge in [-0.2, -0.15) is 4.99 Å². The molecule has 1 fully saturated rings. The van der Waals surface area contributed by atoms with Crippen LogP contribution in [-0.2, 0) is 30.4 Å². The number of nitrogens with zero attached hydrogens (tertiary/aromatic N) is 2. The van der Waals surface area contributed by atoms with Crippen LogP contribution >= 0.6 is 46.1 Å². The highest BCUT2D eigenvalue weighted by Crippen LogP contribution is 2.31. The van der Waals surface area contributed by atoms with E-state index in [1.807, 2.05) is 60.7 Å². The molecule has 1 aliphatic heterocycles. The van der Waals surface area contributed by atoms with Crippen molar-refractivity contribution < 1.29 is 28.7 Å². The quantitative estimate of drug-likeness (QED) is 0.0920. The van der Waals surface area contributed by atoms with Crippen molar-refractivity contribution in [3.63, 3.8) is 0 Å². The summed E-state index contributed by atoms with van der Waals surface area (Å²) < 4.78 is 8.54. The molecule has 268 valence electrons. The Bertz CT molecular complexity index is 1620. The summed E-state index contributed by atoms with van der Waals surface area (Å²) >= 11 is 18.0. The Balaban J connectivity index is 1.50. The highest BCUT2D eigenvalue weighted by molar-refractivity contribution is 7.14. The van der Waals surface area contributed by atoms with Gasteiger partial charge in [-0.1, -0.05) is 95.5 Å². The lowest BCUT2D eigenvalue weighted by molar-refractivity contribution is -0.154. The number of nitrogens with one attached hydrogen (secondary N) is 2. The van der Waals surface area contributed by atoms with Crippen molar-refractivity contribution in [2.45, 2.75) is 67.6 Å². The summed E-state index contributed by atoms with van der Waals surface area (Å²) in [6.07, 6.45) is 0.0985. The molecular weight excluding hydrogens is 725 g/mol. The number of likely N-dealkylation sites (tertiary alicyclic amines) is 1. The summed E-state index contributed by atoms with van der Waals surface area (Å²) in [6, 6.07) is 21.0. The third-order valence-corrected chi connectivity index (χ3v) is 9.00. The van der Waals surface area contributed by atoms with Gasteiger partial charge in [0.05, 0.1) is 24.0 Å². The average Bonchev–Trinajstić information content (AvgIpc) is 3.75. The second-order valence-corrected chi connectivity index (χ2v) is 16.3. The number of carbonyl (C=O) groups is 4. The van der Waals surface area contributed by atoms with Gasteiger partial charge in [0.15, 0.2) is 0 Å². The number of alkyl halides is 3. The molecule has 15 heteroatoms. The Morgan fingerprint density at radius 3 is 2.18 bits per heavy atom. The van der Waals surface area contributed by atoms with Gasteiger partial charge in [-0.05, 0) is 56.9 Å². The van der Waals surface area contributed by atoms with Gasteiger partial charge in [0.2, 0.25) is 15.6 Å². The number of amidine groups is 1. The predicted octanol–water partition coefficient (Wildman–Crippen LogP) is 5.70. The molecule has 50 heavy (non-hydrogen) atoms. The molecule has 1 aliphatic rings. The Morgan fingerprint density at radius 1 is 0.980 bits per heavy atom. The molecule has 4 rings (SSSR count). The van der Waals surface area contributed by atoms with E-state index in [4.69, 9.17) is 50.0 Å². The number of ether oxygens (including phenoxy) is 2. The molecule has 11 nitrogen and oxygen atoms in total. The van der Waals surface area contributed by atoms with Gasteiger partial charge in [-0.15, -0.1) is 11.3 Å². The van der Waals surface area contributed by atoms with Crippen LogP contribution in [-0.4, -0.2) is 75.8 Å². The molecule has 0 radical (unpaired) electrons. The maximum absolute atomic E-state index is 14.5. The molecule has 3 aromatic rings. The largest absolute Gasteiger partial charge is 0.459 e. The zero-order valence-electron chi connectivity index (χ0n) is 27.9. The summed E-state index contributed by atoms with van der Waals surface area (Å²) in [4.78, 5) is 59.4. The molecule has 2 atom stereocenters. The lowest BCUT2D eigenvalue weighted by Gasteiger charge is -2.34. The van der Waals surface area contributed by atoms with Gasteiger partial charge in [0.25, 0.3) is 0 Å². The van der Waals surface area contributed by atoms with E-state index in [9.17, 15) is 19.2 Å². The van der Waals surface area contributed by atoms with Crippen molar-refractivity contribution in [3.05, 3.63) is 93.7 Å². The predicted molar refractivity (Wildman–Crippen MR) is 196 cm³/mol. The lowest BCUT2D eigenvalue weighted by Crippen LogP contribution is -2.55. The van der Waals surface area contributed by atoms with Crippen LogP contribution in [0.2, 0.25) is 0 Å². The summed E-state index contributed by atoms with van der Waals surface area (Å²) in [5.74, 6) is -1.66. The number of benzene rings is 2. The second kappa shape index (κ2) is 17.5. The van der Waals surface area contributed by atoms with Crippen LogP contribution in [0.3, 0.4) is 0 Å². The number of hydrogen-bond donors (Lipinski definition) is 3. The Kier molecular flexibility index (Phi) is 13.7. The number of carbonyl (C=O) groups excluding carboxylic acids is 4. The first-order valence-corrected chi connectivity index (χ1v) is 17.9. The Hall–Kier alpha value is -3.68. The van der Waals surface area contributed by atoms with E-state index >= 15 is 0 Å². The summed E-state index contributed by atoms with van der Waals surface area (Å²) in [5, 5.41) is 6.13. The summed E-state index contributed by atoms with van der Waals surface area (Å²) in [6.45, 7) is 5.19. The minimum absolute atomic E-state index is 0.0919. The van der Waals surface area contributed by atoms with Gasteiger partial charge in [0.1, 0.15) is 24.1 Å². The first-order chi connectivity index (χ1) is 23.6. The monoisotopic (exact) mass is 763 g/mol. The minimum Gasteiger partial charge on any atom is -0.459 e. The van der Waals surface area contributed by atoms with E-state index in [0.717, 1.165) is 16.0 Å². The number of hydrogen-bond acceptors (Lipinski definition) is 8. The third-order valence-electron chi connectivity index (χ3n) is 7.56. The maximum Gasteiger partial charge on any atom is 0.435 e. The van der Waals surface area contributed by atoms with Crippen LogP contribution in [0.1, 0.15) is 60.4 Å². The van der Waals surface area contributed by atoms with Crippen LogP contribution in [0.4, 0.5) is 4.79 Å². The van der Waals surface area contributed by atoms with Crippen molar-refractivity contribution >= 4 is 75.9 Å². The van der Waals surface area contributed by atoms with Gasteiger partial charge in [-0.3, -0.25) is 19.7 Å². The van der Waals surface area contributed by atoms with Gasteiger partial charge >= 0.3 is 12.1 Å².